The maximum absolute atomic E-state index is 8.75. The predicted octanol–water partition coefficient (Wildman–Crippen LogP) is -0.577. The summed E-state index contributed by atoms with van der Waals surface area (Å²) in [5.41, 5.74) is 11.8. The normalized spacial score (nSPS) is 10.1. The maximum atomic E-state index is 8.75. The summed E-state index contributed by atoms with van der Waals surface area (Å²) < 4.78 is 31.6. The molecule has 1 rings (SSSR count). The lowest BCUT2D eigenvalue weighted by Crippen LogP contribution is -2.39. The van der Waals surface area contributed by atoms with E-state index in [4.69, 9.17) is 28.4 Å². The monoisotopic (exact) mass is 325 g/mol. The maximum Gasteiger partial charge on any atom is 0.394 e. The van der Waals surface area contributed by atoms with Crippen LogP contribution >= 0.6 is 0 Å². The Kier molecular flexibility index (Phi) is 10.7. The highest BCUT2D eigenvalue weighted by Crippen LogP contribution is 2.19. The first-order valence-corrected chi connectivity index (χ1v) is 7.26. The molecule has 124 valence electrons. The van der Waals surface area contributed by atoms with Crippen LogP contribution in [0, 0.1) is 6.92 Å². The van der Waals surface area contributed by atoms with E-state index < -0.39 is 10.4 Å². The Morgan fingerprint density at radius 1 is 1.33 bits per heavy atom. The van der Waals surface area contributed by atoms with Gasteiger partial charge < -0.3 is 21.3 Å². The fraction of sp³-hybridized carbons (Fsp3) is 0.455. The molecule has 0 spiro atoms. The topological polar surface area (TPSA) is 168 Å². The summed E-state index contributed by atoms with van der Waals surface area (Å²) in [5.74, 6) is 0. The van der Waals surface area contributed by atoms with Crippen LogP contribution in [0.25, 0.3) is 0 Å². The van der Waals surface area contributed by atoms with Crippen molar-refractivity contribution in [3.05, 3.63) is 23.8 Å². The van der Waals surface area contributed by atoms with Gasteiger partial charge in [0.05, 0.1) is 12.3 Å². The van der Waals surface area contributed by atoms with Crippen molar-refractivity contribution in [1.29, 1.82) is 0 Å². The summed E-state index contributed by atoms with van der Waals surface area (Å²) in [6.07, 6.45) is 0. The summed E-state index contributed by atoms with van der Waals surface area (Å²) in [7, 11) is -4.67. The Balaban J connectivity index is 0. The SMILES string of the molecule is CCN(NCCO)c1ccc(N)c(C)c1.O.O=S(=O)(O)O. The average Bonchev–Trinajstić information content (AvgIpc) is 2.32. The Morgan fingerprint density at radius 2 is 1.86 bits per heavy atom. The number of nitrogen functional groups attached to an aromatic ring is 1. The van der Waals surface area contributed by atoms with Gasteiger partial charge in [0.15, 0.2) is 0 Å². The number of aliphatic hydroxyl groups excluding tert-OH is 1. The van der Waals surface area contributed by atoms with Gasteiger partial charge in [-0.05, 0) is 37.6 Å². The highest BCUT2D eigenvalue weighted by atomic mass is 32.3. The van der Waals surface area contributed by atoms with Gasteiger partial charge in [-0.15, -0.1) is 0 Å². The van der Waals surface area contributed by atoms with Crippen LogP contribution in [0.15, 0.2) is 18.2 Å². The van der Waals surface area contributed by atoms with Crippen LogP contribution in [0.3, 0.4) is 0 Å². The van der Waals surface area contributed by atoms with Gasteiger partial charge in [0.1, 0.15) is 0 Å². The minimum atomic E-state index is -4.67. The van der Waals surface area contributed by atoms with E-state index in [-0.39, 0.29) is 12.1 Å². The number of hydrazine groups is 1. The van der Waals surface area contributed by atoms with E-state index in [1.54, 1.807) is 0 Å². The van der Waals surface area contributed by atoms with Crippen molar-refractivity contribution in [1.82, 2.24) is 5.43 Å². The average molecular weight is 325 g/mol. The Morgan fingerprint density at radius 3 is 2.24 bits per heavy atom. The van der Waals surface area contributed by atoms with Gasteiger partial charge in [-0.25, -0.2) is 5.43 Å². The summed E-state index contributed by atoms with van der Waals surface area (Å²) in [6, 6.07) is 5.90. The fourth-order valence-corrected chi connectivity index (χ4v) is 1.40. The molecule has 21 heavy (non-hydrogen) atoms. The second-order valence-corrected chi connectivity index (χ2v) is 4.76. The van der Waals surface area contributed by atoms with Crippen molar-refractivity contribution in [2.24, 2.45) is 0 Å². The number of aliphatic hydroxyl groups is 1. The molecule has 0 amide bonds. The minimum Gasteiger partial charge on any atom is -0.412 e. The van der Waals surface area contributed by atoms with Crippen molar-refractivity contribution in [3.63, 3.8) is 0 Å². The van der Waals surface area contributed by atoms with Gasteiger partial charge in [0, 0.05) is 18.8 Å². The molecule has 0 aliphatic carbocycles. The molecule has 0 aliphatic heterocycles. The first kappa shape index (κ1) is 21.9. The number of hydrogen-bond acceptors (Lipinski definition) is 6. The van der Waals surface area contributed by atoms with Crippen LogP contribution in [0.5, 0.6) is 0 Å². The molecule has 9 nitrogen and oxygen atoms in total. The molecule has 0 radical (unpaired) electrons. The third-order valence-electron chi connectivity index (χ3n) is 2.30. The Bertz CT molecular complexity index is 501. The molecular formula is C11H23N3O6S. The Labute approximate surface area is 124 Å². The lowest BCUT2D eigenvalue weighted by molar-refractivity contribution is 0.290. The van der Waals surface area contributed by atoms with Gasteiger partial charge >= 0.3 is 10.4 Å². The lowest BCUT2D eigenvalue weighted by Gasteiger charge is -2.24. The molecule has 8 N–H and O–H groups in total. The zero-order chi connectivity index (χ0) is 15.8. The minimum absolute atomic E-state index is 0. The van der Waals surface area contributed by atoms with Crippen LogP contribution in [0.4, 0.5) is 11.4 Å². The lowest BCUT2D eigenvalue weighted by atomic mass is 10.2. The third-order valence-corrected chi connectivity index (χ3v) is 2.30. The third kappa shape index (κ3) is 11.0. The fourth-order valence-electron chi connectivity index (χ4n) is 1.40. The van der Waals surface area contributed by atoms with Crippen molar-refractivity contribution < 1.29 is 28.1 Å². The molecule has 0 fully saturated rings. The highest BCUT2D eigenvalue weighted by Gasteiger charge is 2.04. The van der Waals surface area contributed by atoms with Crippen LogP contribution in [0.1, 0.15) is 12.5 Å². The first-order valence-electron chi connectivity index (χ1n) is 5.87. The van der Waals surface area contributed by atoms with Crippen LogP contribution < -0.4 is 16.2 Å². The number of nitrogens with two attached hydrogens (primary N) is 1. The molecular weight excluding hydrogens is 302 g/mol. The number of anilines is 2. The quantitative estimate of drug-likeness (QED) is 0.272. The number of hydrogen-bond donors (Lipinski definition) is 5. The largest absolute Gasteiger partial charge is 0.412 e. The van der Waals surface area contributed by atoms with Crippen LogP contribution in [-0.2, 0) is 10.4 Å². The molecule has 0 aliphatic rings. The number of nitrogens with one attached hydrogen (secondary N) is 1. The van der Waals surface area contributed by atoms with E-state index in [9.17, 15) is 0 Å². The predicted molar refractivity (Wildman–Crippen MR) is 81.5 cm³/mol. The van der Waals surface area contributed by atoms with E-state index in [1.807, 2.05) is 30.1 Å². The van der Waals surface area contributed by atoms with Gasteiger partial charge in [0.25, 0.3) is 0 Å². The van der Waals surface area contributed by atoms with Crippen LogP contribution in [-0.4, -0.2) is 47.8 Å². The summed E-state index contributed by atoms with van der Waals surface area (Å²) in [5, 5.41) is 10.7. The zero-order valence-corrected chi connectivity index (χ0v) is 12.8. The standard InChI is InChI=1S/C11H19N3O.H2O4S.H2O/c1-3-14(13-6-7-15)10-4-5-11(12)9(2)8-10;1-5(2,3)4;/h4-5,8,13,15H,3,6-7,12H2,1-2H3;(H2,1,2,3,4);1H2. The number of rotatable bonds is 5. The molecule has 0 heterocycles. The molecule has 0 atom stereocenters. The van der Waals surface area contributed by atoms with Crippen LogP contribution in [0.2, 0.25) is 0 Å². The zero-order valence-electron chi connectivity index (χ0n) is 11.9. The molecule has 10 heteroatoms. The van der Waals surface area contributed by atoms with Gasteiger partial charge in [-0.3, -0.25) is 9.11 Å². The van der Waals surface area contributed by atoms with E-state index in [1.165, 1.54) is 0 Å². The van der Waals surface area contributed by atoms with Gasteiger partial charge in [-0.2, -0.15) is 8.42 Å². The Hall–Kier alpha value is -1.43. The molecule has 0 saturated heterocycles. The van der Waals surface area contributed by atoms with Crippen molar-refractivity contribution in [2.45, 2.75) is 13.8 Å². The first-order chi connectivity index (χ1) is 9.19. The van der Waals surface area contributed by atoms with E-state index in [2.05, 4.69) is 12.3 Å². The van der Waals surface area contributed by atoms with E-state index >= 15 is 0 Å². The summed E-state index contributed by atoms with van der Waals surface area (Å²) in [6.45, 7) is 5.56. The van der Waals surface area contributed by atoms with Crippen molar-refractivity contribution in [2.75, 3.05) is 30.4 Å². The van der Waals surface area contributed by atoms with E-state index in [0.29, 0.717) is 6.54 Å². The smallest absolute Gasteiger partial charge is 0.394 e. The molecule has 0 bridgehead atoms. The summed E-state index contributed by atoms with van der Waals surface area (Å²) >= 11 is 0. The van der Waals surface area contributed by atoms with Crippen molar-refractivity contribution >= 4 is 21.8 Å². The molecule has 0 unspecified atom stereocenters. The molecule has 1 aromatic rings. The second-order valence-electron chi connectivity index (χ2n) is 3.86. The highest BCUT2D eigenvalue weighted by molar-refractivity contribution is 7.79. The number of nitrogens with zero attached hydrogens (tertiary/aromatic N) is 1. The number of benzene rings is 1. The number of aryl methyl sites for hydroxylation is 1. The van der Waals surface area contributed by atoms with Gasteiger partial charge in [-0.1, -0.05) is 0 Å². The summed E-state index contributed by atoms with van der Waals surface area (Å²) in [4.78, 5) is 0. The van der Waals surface area contributed by atoms with Gasteiger partial charge in [0.2, 0.25) is 0 Å². The molecule has 0 aromatic heterocycles. The molecule has 1 aromatic carbocycles. The van der Waals surface area contributed by atoms with Crippen molar-refractivity contribution in [3.8, 4) is 0 Å². The second kappa shape index (κ2) is 10.3. The molecule has 0 saturated carbocycles. The van der Waals surface area contributed by atoms with E-state index in [0.717, 1.165) is 23.5 Å².